The van der Waals surface area contributed by atoms with E-state index in [4.69, 9.17) is 0 Å². The molecule has 0 N–H and O–H groups in total. The zero-order valence-corrected chi connectivity index (χ0v) is 11.6. The maximum absolute atomic E-state index is 12.3. The van der Waals surface area contributed by atoms with Gasteiger partial charge in [-0.1, -0.05) is 51.6 Å². The number of allylic oxidation sites excluding steroid dienone is 1. The number of halogens is 3. The fourth-order valence-electron chi connectivity index (χ4n) is 1.54. The van der Waals surface area contributed by atoms with Gasteiger partial charge in [0.15, 0.2) is 0 Å². The van der Waals surface area contributed by atoms with Crippen LogP contribution in [0.1, 0.15) is 38.8 Å². The second-order valence-corrected chi connectivity index (χ2v) is 5.47. The molecule has 0 saturated carbocycles. The van der Waals surface area contributed by atoms with E-state index in [0.717, 1.165) is 5.56 Å². The largest absolute Gasteiger partial charge is 0.432 e. The quantitative estimate of drug-likeness (QED) is 0.679. The van der Waals surface area contributed by atoms with Crippen LogP contribution in [0.3, 0.4) is 0 Å². The molecule has 1 aromatic rings. The molecule has 19 heavy (non-hydrogen) atoms. The van der Waals surface area contributed by atoms with Crippen LogP contribution in [0.15, 0.2) is 41.5 Å². The van der Waals surface area contributed by atoms with Crippen molar-refractivity contribution >= 4 is 5.71 Å². The summed E-state index contributed by atoms with van der Waals surface area (Å²) in [4.78, 5) is 3.51. The smallest absolute Gasteiger partial charge is 0.249 e. The molecule has 0 amide bonds. The van der Waals surface area contributed by atoms with Gasteiger partial charge in [0.2, 0.25) is 0 Å². The van der Waals surface area contributed by atoms with Gasteiger partial charge in [-0.05, 0) is 23.5 Å². The van der Waals surface area contributed by atoms with Crippen LogP contribution >= 0.6 is 0 Å². The summed E-state index contributed by atoms with van der Waals surface area (Å²) in [5.74, 6) is 0. The first-order valence-corrected chi connectivity index (χ1v) is 5.94. The summed E-state index contributed by atoms with van der Waals surface area (Å²) in [5.41, 5.74) is 1.03. The zero-order chi connectivity index (χ0) is 14.8. The molecule has 1 nitrogen and oxygen atoms in total. The minimum Gasteiger partial charge on any atom is -0.249 e. The molecular weight excluding hydrogens is 251 g/mol. The van der Waals surface area contributed by atoms with Crippen LogP contribution in [0.5, 0.6) is 0 Å². The highest BCUT2D eigenvalue weighted by Crippen LogP contribution is 2.26. The first-order valence-electron chi connectivity index (χ1n) is 5.94. The molecule has 0 aliphatic carbocycles. The highest BCUT2D eigenvalue weighted by atomic mass is 19.4. The molecule has 104 valence electrons. The Bertz CT molecular complexity index is 488. The van der Waals surface area contributed by atoms with Crippen molar-refractivity contribution in [1.29, 1.82) is 0 Å². The first kappa shape index (κ1) is 15.5. The Balaban J connectivity index is 2.99. The number of rotatable bonds is 2. The fraction of sp³-hybridized carbons (Fsp3) is 0.400. The second kappa shape index (κ2) is 5.19. The van der Waals surface area contributed by atoms with E-state index in [-0.39, 0.29) is 5.41 Å². The van der Waals surface area contributed by atoms with Gasteiger partial charge >= 0.3 is 6.18 Å². The Labute approximate surface area is 111 Å². The van der Waals surface area contributed by atoms with Crippen LogP contribution in [-0.2, 0) is 5.41 Å². The van der Waals surface area contributed by atoms with E-state index >= 15 is 0 Å². The average molecular weight is 269 g/mol. The van der Waals surface area contributed by atoms with Crippen LogP contribution < -0.4 is 0 Å². The van der Waals surface area contributed by atoms with Crippen molar-refractivity contribution in [3.05, 3.63) is 47.7 Å². The molecule has 0 aromatic heterocycles. The maximum Gasteiger partial charge on any atom is 0.432 e. The van der Waals surface area contributed by atoms with E-state index in [0.29, 0.717) is 11.3 Å². The lowest BCUT2D eigenvalue weighted by Gasteiger charge is -2.19. The lowest BCUT2D eigenvalue weighted by Crippen LogP contribution is -2.12. The summed E-state index contributed by atoms with van der Waals surface area (Å²) >= 11 is 0. The predicted octanol–water partition coefficient (Wildman–Crippen LogP) is 4.87. The normalized spacial score (nSPS) is 13.5. The van der Waals surface area contributed by atoms with E-state index in [1.54, 1.807) is 19.1 Å². The minimum atomic E-state index is -4.48. The van der Waals surface area contributed by atoms with Gasteiger partial charge in [0.1, 0.15) is 5.70 Å². The van der Waals surface area contributed by atoms with E-state index < -0.39 is 11.9 Å². The molecule has 0 saturated heterocycles. The van der Waals surface area contributed by atoms with Crippen LogP contribution in [-0.4, -0.2) is 11.9 Å². The summed E-state index contributed by atoms with van der Waals surface area (Å²) in [6.07, 6.45) is -4.48. The van der Waals surface area contributed by atoms with Crippen LogP contribution in [0, 0.1) is 0 Å². The highest BCUT2D eigenvalue weighted by molar-refractivity contribution is 5.99. The number of aliphatic imine (C=N–C) groups is 1. The Morgan fingerprint density at radius 3 is 1.89 bits per heavy atom. The van der Waals surface area contributed by atoms with Crippen LogP contribution in [0.2, 0.25) is 0 Å². The van der Waals surface area contributed by atoms with Gasteiger partial charge in [0.25, 0.3) is 0 Å². The molecule has 0 atom stereocenters. The summed E-state index contributed by atoms with van der Waals surface area (Å²) < 4.78 is 37.0. The molecule has 4 heteroatoms. The molecule has 0 heterocycles. The summed E-state index contributed by atoms with van der Waals surface area (Å²) in [6, 6.07) is 7.38. The van der Waals surface area contributed by atoms with Crippen molar-refractivity contribution in [3.63, 3.8) is 0 Å². The Morgan fingerprint density at radius 1 is 1.05 bits per heavy atom. The van der Waals surface area contributed by atoms with Crippen molar-refractivity contribution in [1.82, 2.24) is 0 Å². The van der Waals surface area contributed by atoms with E-state index in [1.165, 1.54) is 0 Å². The maximum atomic E-state index is 12.3. The average Bonchev–Trinajstić information content (AvgIpc) is 2.26. The molecule has 1 rings (SSSR count). The molecule has 0 aliphatic heterocycles. The Hall–Kier alpha value is -1.58. The van der Waals surface area contributed by atoms with E-state index in [2.05, 4.69) is 32.3 Å². The summed E-state index contributed by atoms with van der Waals surface area (Å²) in [5, 5.41) is 0. The number of benzene rings is 1. The van der Waals surface area contributed by atoms with Gasteiger partial charge < -0.3 is 0 Å². The first-order chi connectivity index (χ1) is 8.51. The third-order valence-electron chi connectivity index (χ3n) is 2.80. The number of hydrogen-bond acceptors (Lipinski definition) is 1. The number of hydrogen-bond donors (Lipinski definition) is 0. The third-order valence-corrected chi connectivity index (χ3v) is 2.80. The van der Waals surface area contributed by atoms with Gasteiger partial charge in [-0.3, -0.25) is 0 Å². The van der Waals surface area contributed by atoms with Crippen LogP contribution in [0.25, 0.3) is 0 Å². The van der Waals surface area contributed by atoms with Crippen LogP contribution in [0.4, 0.5) is 13.2 Å². The lowest BCUT2D eigenvalue weighted by molar-refractivity contribution is -0.0919. The summed E-state index contributed by atoms with van der Waals surface area (Å²) in [7, 11) is 0. The molecule has 0 unspecified atom stereocenters. The van der Waals surface area contributed by atoms with Gasteiger partial charge in [-0.15, -0.1) is 0 Å². The highest BCUT2D eigenvalue weighted by Gasteiger charge is 2.32. The standard InChI is InChI=1S/C15H18F3N/c1-10(19-11(2)15(16,17)18)12-6-8-13(9-7-12)14(3,4)5/h6-9H,2H2,1,3-5H3. The SMILES string of the molecule is C=C(N=C(C)c1ccc(C(C)(C)C)cc1)C(F)(F)F. The zero-order valence-electron chi connectivity index (χ0n) is 11.6. The van der Waals surface area contributed by atoms with Crippen molar-refractivity contribution in [2.75, 3.05) is 0 Å². The molecule has 0 spiro atoms. The topological polar surface area (TPSA) is 12.4 Å². The summed E-state index contributed by atoms with van der Waals surface area (Å²) in [6.45, 7) is 10.7. The van der Waals surface area contributed by atoms with Gasteiger partial charge in [0, 0.05) is 5.71 Å². The van der Waals surface area contributed by atoms with Crippen molar-refractivity contribution < 1.29 is 13.2 Å². The predicted molar refractivity (Wildman–Crippen MR) is 72.5 cm³/mol. The van der Waals surface area contributed by atoms with Gasteiger partial charge in [0.05, 0.1) is 0 Å². The van der Waals surface area contributed by atoms with E-state index in [1.807, 2.05) is 12.1 Å². The van der Waals surface area contributed by atoms with Crippen molar-refractivity contribution in [3.8, 4) is 0 Å². The van der Waals surface area contributed by atoms with Crippen molar-refractivity contribution in [2.24, 2.45) is 4.99 Å². The van der Waals surface area contributed by atoms with Crippen molar-refractivity contribution in [2.45, 2.75) is 39.3 Å². The Kier molecular flexibility index (Phi) is 4.23. The molecule has 0 radical (unpaired) electrons. The molecular formula is C15H18F3N. The monoisotopic (exact) mass is 269 g/mol. The van der Waals surface area contributed by atoms with Gasteiger partial charge in [-0.25, -0.2) is 4.99 Å². The fourth-order valence-corrected chi connectivity index (χ4v) is 1.54. The minimum absolute atomic E-state index is 0.0130. The molecule has 1 aromatic carbocycles. The third kappa shape index (κ3) is 4.23. The molecule has 0 bridgehead atoms. The van der Waals surface area contributed by atoms with E-state index in [9.17, 15) is 13.2 Å². The molecule has 0 aliphatic rings. The Morgan fingerprint density at radius 2 is 1.53 bits per heavy atom. The number of alkyl halides is 3. The van der Waals surface area contributed by atoms with Gasteiger partial charge in [-0.2, -0.15) is 13.2 Å². The number of nitrogens with zero attached hydrogens (tertiary/aromatic N) is 1. The second-order valence-electron chi connectivity index (χ2n) is 5.47. The molecule has 0 fully saturated rings. The lowest BCUT2D eigenvalue weighted by atomic mass is 9.86.